The van der Waals surface area contributed by atoms with Crippen molar-refractivity contribution in [3.63, 3.8) is 0 Å². The third-order valence-electron chi connectivity index (χ3n) is 3.14. The smallest absolute Gasteiger partial charge is 0.321 e. The van der Waals surface area contributed by atoms with Crippen LogP contribution < -0.4 is 11.1 Å². The number of hydrogen-bond acceptors (Lipinski definition) is 2. The van der Waals surface area contributed by atoms with Gasteiger partial charge in [0.05, 0.1) is 12.2 Å². The lowest BCUT2D eigenvalue weighted by Gasteiger charge is -2.17. The van der Waals surface area contributed by atoms with Crippen molar-refractivity contribution in [2.45, 2.75) is 19.8 Å². The zero-order valence-electron chi connectivity index (χ0n) is 11.2. The summed E-state index contributed by atoms with van der Waals surface area (Å²) in [4.78, 5) is 13.9. The second kappa shape index (κ2) is 6.26. The molecule has 0 spiro atoms. The maximum atomic E-state index is 12.1. The molecule has 0 radical (unpaired) electrons. The van der Waals surface area contributed by atoms with Crippen LogP contribution in [0.25, 0.3) is 0 Å². The van der Waals surface area contributed by atoms with Gasteiger partial charge >= 0.3 is 6.03 Å². The van der Waals surface area contributed by atoms with Gasteiger partial charge < -0.3 is 16.0 Å². The SMILES string of the molecule is Cc1ccc(NC(=O)N2CCCC2)c(C#CCN)c1. The standard InChI is InChI=1S/C15H19N3O/c1-12-6-7-14(13(11-12)5-4-8-16)17-15(19)18-9-2-3-10-18/h6-7,11H,2-3,8-10,16H2,1H3,(H,17,19). The molecule has 3 N–H and O–H groups in total. The van der Waals surface area contributed by atoms with Crippen LogP contribution in [0.15, 0.2) is 18.2 Å². The minimum atomic E-state index is -0.0443. The van der Waals surface area contributed by atoms with Crippen LogP contribution in [0.2, 0.25) is 0 Å². The van der Waals surface area contributed by atoms with E-state index in [9.17, 15) is 4.79 Å². The summed E-state index contributed by atoms with van der Waals surface area (Å²) in [5.74, 6) is 5.83. The topological polar surface area (TPSA) is 58.4 Å². The molecule has 2 rings (SSSR count). The van der Waals surface area contributed by atoms with E-state index in [0.29, 0.717) is 6.54 Å². The van der Waals surface area contributed by atoms with Crippen molar-refractivity contribution in [3.8, 4) is 11.8 Å². The Morgan fingerprint density at radius 1 is 1.42 bits per heavy atom. The number of hydrogen-bond donors (Lipinski definition) is 2. The molecular formula is C15H19N3O. The summed E-state index contributed by atoms with van der Waals surface area (Å²) in [7, 11) is 0. The van der Waals surface area contributed by atoms with Crippen LogP contribution in [0.3, 0.4) is 0 Å². The number of nitrogens with two attached hydrogens (primary N) is 1. The molecule has 0 bridgehead atoms. The molecule has 1 aromatic carbocycles. The summed E-state index contributed by atoms with van der Waals surface area (Å²) >= 11 is 0. The third kappa shape index (κ3) is 3.49. The van der Waals surface area contributed by atoms with Gasteiger partial charge in [0, 0.05) is 18.7 Å². The highest BCUT2D eigenvalue weighted by atomic mass is 16.2. The minimum Gasteiger partial charge on any atom is -0.325 e. The van der Waals surface area contributed by atoms with Crippen molar-refractivity contribution in [2.24, 2.45) is 5.73 Å². The summed E-state index contributed by atoms with van der Waals surface area (Å²) in [6.45, 7) is 3.98. The van der Waals surface area contributed by atoms with E-state index in [2.05, 4.69) is 17.2 Å². The summed E-state index contributed by atoms with van der Waals surface area (Å²) in [6.07, 6.45) is 2.17. The average molecular weight is 257 g/mol. The molecule has 0 saturated carbocycles. The largest absolute Gasteiger partial charge is 0.325 e. The maximum absolute atomic E-state index is 12.1. The van der Waals surface area contributed by atoms with E-state index in [4.69, 9.17) is 5.73 Å². The molecule has 4 heteroatoms. The van der Waals surface area contributed by atoms with Crippen molar-refractivity contribution >= 4 is 11.7 Å². The minimum absolute atomic E-state index is 0.0443. The third-order valence-corrected chi connectivity index (χ3v) is 3.14. The molecule has 1 saturated heterocycles. The lowest BCUT2D eigenvalue weighted by molar-refractivity contribution is 0.222. The number of likely N-dealkylation sites (tertiary alicyclic amines) is 1. The number of amides is 2. The lowest BCUT2D eigenvalue weighted by Crippen LogP contribution is -2.32. The summed E-state index contributed by atoms with van der Waals surface area (Å²) in [5.41, 5.74) is 8.08. The quantitative estimate of drug-likeness (QED) is 0.755. The van der Waals surface area contributed by atoms with Crippen LogP contribution in [-0.2, 0) is 0 Å². The maximum Gasteiger partial charge on any atom is 0.321 e. The van der Waals surface area contributed by atoms with Gasteiger partial charge in [-0.15, -0.1) is 0 Å². The number of anilines is 1. The van der Waals surface area contributed by atoms with Crippen molar-refractivity contribution in [3.05, 3.63) is 29.3 Å². The van der Waals surface area contributed by atoms with Crippen molar-refractivity contribution < 1.29 is 4.79 Å². The van der Waals surface area contributed by atoms with E-state index in [0.717, 1.165) is 42.7 Å². The highest BCUT2D eigenvalue weighted by Gasteiger charge is 2.18. The van der Waals surface area contributed by atoms with E-state index in [1.54, 1.807) is 0 Å². The molecule has 1 fully saturated rings. The molecule has 1 aromatic rings. The van der Waals surface area contributed by atoms with Crippen LogP contribution in [0.1, 0.15) is 24.0 Å². The Labute approximate surface area is 114 Å². The Kier molecular flexibility index (Phi) is 4.43. The van der Waals surface area contributed by atoms with Crippen LogP contribution in [0.4, 0.5) is 10.5 Å². The summed E-state index contributed by atoms with van der Waals surface area (Å²) in [5, 5.41) is 2.93. The number of nitrogens with one attached hydrogen (secondary N) is 1. The van der Waals surface area contributed by atoms with Crippen molar-refractivity contribution in [1.82, 2.24) is 4.90 Å². The number of nitrogens with zero attached hydrogens (tertiary/aromatic N) is 1. The molecule has 0 unspecified atom stereocenters. The molecule has 100 valence electrons. The number of urea groups is 1. The van der Waals surface area contributed by atoms with Crippen LogP contribution >= 0.6 is 0 Å². The van der Waals surface area contributed by atoms with Crippen LogP contribution in [-0.4, -0.2) is 30.6 Å². The highest BCUT2D eigenvalue weighted by molar-refractivity contribution is 5.91. The molecular weight excluding hydrogens is 238 g/mol. The summed E-state index contributed by atoms with van der Waals surface area (Å²) < 4.78 is 0. The second-order valence-corrected chi connectivity index (χ2v) is 4.68. The van der Waals surface area contributed by atoms with E-state index in [1.807, 2.05) is 30.0 Å². The summed E-state index contributed by atoms with van der Waals surface area (Å²) in [6, 6.07) is 5.77. The van der Waals surface area contributed by atoms with Gasteiger partial charge in [0.1, 0.15) is 0 Å². The Balaban J connectivity index is 2.16. The molecule has 19 heavy (non-hydrogen) atoms. The predicted octanol–water partition coefficient (Wildman–Crippen LogP) is 1.93. The number of carbonyl (C=O) groups is 1. The Morgan fingerprint density at radius 3 is 2.84 bits per heavy atom. The second-order valence-electron chi connectivity index (χ2n) is 4.68. The van der Waals surface area contributed by atoms with Crippen LogP contribution in [0, 0.1) is 18.8 Å². The number of rotatable bonds is 1. The molecule has 0 aromatic heterocycles. The Bertz CT molecular complexity index is 522. The molecule has 2 amide bonds. The fourth-order valence-corrected chi connectivity index (χ4v) is 2.13. The fraction of sp³-hybridized carbons (Fsp3) is 0.400. The van der Waals surface area contributed by atoms with Gasteiger partial charge in [-0.05, 0) is 37.5 Å². The fourth-order valence-electron chi connectivity index (χ4n) is 2.13. The zero-order chi connectivity index (χ0) is 13.7. The molecule has 1 heterocycles. The Morgan fingerprint density at radius 2 is 2.16 bits per heavy atom. The molecule has 1 aliphatic rings. The van der Waals surface area contributed by atoms with Gasteiger partial charge in [0.15, 0.2) is 0 Å². The first-order valence-corrected chi connectivity index (χ1v) is 6.56. The number of aryl methyl sites for hydroxylation is 1. The van der Waals surface area contributed by atoms with E-state index in [1.165, 1.54) is 0 Å². The number of carbonyl (C=O) groups excluding carboxylic acids is 1. The predicted molar refractivity (Wildman–Crippen MR) is 76.9 cm³/mol. The van der Waals surface area contributed by atoms with Gasteiger partial charge in [-0.3, -0.25) is 0 Å². The van der Waals surface area contributed by atoms with E-state index >= 15 is 0 Å². The first-order chi connectivity index (χ1) is 9.20. The number of benzene rings is 1. The molecule has 0 aliphatic carbocycles. The monoisotopic (exact) mass is 257 g/mol. The van der Waals surface area contributed by atoms with E-state index in [-0.39, 0.29) is 6.03 Å². The molecule has 0 atom stereocenters. The van der Waals surface area contributed by atoms with Crippen LogP contribution in [0.5, 0.6) is 0 Å². The van der Waals surface area contributed by atoms with E-state index < -0.39 is 0 Å². The van der Waals surface area contributed by atoms with Gasteiger partial charge in [-0.1, -0.05) is 17.9 Å². The lowest BCUT2D eigenvalue weighted by atomic mass is 10.1. The first-order valence-electron chi connectivity index (χ1n) is 6.56. The van der Waals surface area contributed by atoms with Crippen molar-refractivity contribution in [2.75, 3.05) is 25.0 Å². The Hall–Kier alpha value is -1.99. The van der Waals surface area contributed by atoms with Gasteiger partial charge in [-0.2, -0.15) is 0 Å². The average Bonchev–Trinajstić information content (AvgIpc) is 2.93. The van der Waals surface area contributed by atoms with Crippen molar-refractivity contribution in [1.29, 1.82) is 0 Å². The molecule has 1 aliphatic heterocycles. The highest BCUT2D eigenvalue weighted by Crippen LogP contribution is 2.18. The molecule has 4 nitrogen and oxygen atoms in total. The zero-order valence-corrected chi connectivity index (χ0v) is 11.2. The van der Waals surface area contributed by atoms with Gasteiger partial charge in [0.2, 0.25) is 0 Å². The van der Waals surface area contributed by atoms with Gasteiger partial charge in [-0.25, -0.2) is 4.79 Å². The van der Waals surface area contributed by atoms with Gasteiger partial charge in [0.25, 0.3) is 0 Å². The normalized spacial score (nSPS) is 13.9. The first kappa shape index (κ1) is 13.4.